The summed E-state index contributed by atoms with van der Waals surface area (Å²) in [6.07, 6.45) is 5.61. The molecule has 1 aromatic rings. The number of hydrogen-bond acceptors (Lipinski definition) is 3. The summed E-state index contributed by atoms with van der Waals surface area (Å²) >= 11 is 1.82. The fraction of sp³-hybridized carbons (Fsp3) is 0.733. The summed E-state index contributed by atoms with van der Waals surface area (Å²) in [5, 5.41) is 8.14. The second-order valence-corrected chi connectivity index (χ2v) is 6.86. The van der Waals surface area contributed by atoms with Crippen LogP contribution in [-0.2, 0) is 6.54 Å². The Morgan fingerprint density at radius 1 is 1.39 bits per heavy atom. The van der Waals surface area contributed by atoms with Crippen LogP contribution in [0.4, 0.5) is 0 Å². The topological polar surface area (TPSA) is 15.3 Å². The van der Waals surface area contributed by atoms with Crippen LogP contribution in [0.25, 0.3) is 0 Å². The summed E-state index contributed by atoms with van der Waals surface area (Å²) in [6, 6.07) is 3.99. The number of nitrogens with one attached hydrogen (secondary N) is 1. The van der Waals surface area contributed by atoms with Gasteiger partial charge in [0.05, 0.1) is 0 Å². The van der Waals surface area contributed by atoms with Gasteiger partial charge in [0.1, 0.15) is 0 Å². The van der Waals surface area contributed by atoms with E-state index in [-0.39, 0.29) is 0 Å². The summed E-state index contributed by atoms with van der Waals surface area (Å²) in [4.78, 5) is 2.70. The van der Waals surface area contributed by atoms with Crippen LogP contribution in [0.1, 0.15) is 38.2 Å². The molecule has 0 amide bonds. The average molecular weight is 264 g/mol. The molecular formula is C15H24N2S. The predicted octanol–water partition coefficient (Wildman–Crippen LogP) is 3.10. The third-order valence-electron chi connectivity index (χ3n) is 3.91. The van der Waals surface area contributed by atoms with E-state index in [0.29, 0.717) is 0 Å². The van der Waals surface area contributed by atoms with E-state index in [2.05, 4.69) is 34.0 Å². The first-order chi connectivity index (χ1) is 8.81. The lowest BCUT2D eigenvalue weighted by atomic mass is 10.1. The number of rotatable bonds is 8. The molecule has 1 atom stereocenters. The lowest BCUT2D eigenvalue weighted by Crippen LogP contribution is -2.35. The smallest absolute Gasteiger partial charge is 0.0245 e. The minimum atomic E-state index is 0.768. The van der Waals surface area contributed by atoms with Crippen LogP contribution in [-0.4, -0.2) is 30.1 Å². The van der Waals surface area contributed by atoms with Crippen LogP contribution < -0.4 is 5.32 Å². The van der Waals surface area contributed by atoms with Gasteiger partial charge in [-0.25, -0.2) is 0 Å². The molecule has 2 nitrogen and oxygen atoms in total. The Morgan fingerprint density at radius 2 is 2.22 bits per heavy atom. The number of hydrogen-bond donors (Lipinski definition) is 1. The van der Waals surface area contributed by atoms with Crippen molar-refractivity contribution in [2.24, 2.45) is 5.92 Å². The van der Waals surface area contributed by atoms with Gasteiger partial charge in [-0.2, -0.15) is 11.3 Å². The molecule has 18 heavy (non-hydrogen) atoms. The zero-order valence-electron chi connectivity index (χ0n) is 11.3. The van der Waals surface area contributed by atoms with E-state index < -0.39 is 0 Å². The van der Waals surface area contributed by atoms with E-state index in [1.54, 1.807) is 0 Å². The lowest BCUT2D eigenvalue weighted by molar-refractivity contribution is 0.217. The van der Waals surface area contributed by atoms with Crippen molar-refractivity contribution in [2.45, 2.75) is 51.2 Å². The molecule has 3 rings (SSSR count). The Bertz CT molecular complexity index is 355. The van der Waals surface area contributed by atoms with E-state index in [9.17, 15) is 0 Å². The maximum atomic E-state index is 3.66. The minimum Gasteiger partial charge on any atom is -0.314 e. The summed E-state index contributed by atoms with van der Waals surface area (Å²) in [7, 11) is 0. The van der Waals surface area contributed by atoms with E-state index >= 15 is 0 Å². The highest BCUT2D eigenvalue weighted by atomic mass is 32.1. The van der Waals surface area contributed by atoms with Crippen molar-refractivity contribution in [3.05, 3.63) is 22.4 Å². The minimum absolute atomic E-state index is 0.768. The largest absolute Gasteiger partial charge is 0.314 e. The van der Waals surface area contributed by atoms with Gasteiger partial charge in [-0.15, -0.1) is 0 Å². The Hall–Kier alpha value is -0.380. The molecule has 0 aliphatic heterocycles. The van der Waals surface area contributed by atoms with Crippen LogP contribution >= 0.6 is 11.3 Å². The highest BCUT2D eigenvalue weighted by molar-refractivity contribution is 7.07. The molecule has 1 N–H and O–H groups in total. The first kappa shape index (κ1) is 12.6. The Labute approximate surface area is 114 Å². The second-order valence-electron chi connectivity index (χ2n) is 6.08. The van der Waals surface area contributed by atoms with Gasteiger partial charge >= 0.3 is 0 Å². The van der Waals surface area contributed by atoms with E-state index in [1.165, 1.54) is 44.3 Å². The molecule has 2 aliphatic rings. The maximum absolute atomic E-state index is 3.66. The summed E-state index contributed by atoms with van der Waals surface area (Å²) in [5.41, 5.74) is 1.49. The molecule has 2 saturated carbocycles. The van der Waals surface area contributed by atoms with Gasteiger partial charge in [-0.05, 0) is 60.5 Å². The van der Waals surface area contributed by atoms with Crippen LogP contribution in [0.2, 0.25) is 0 Å². The van der Waals surface area contributed by atoms with Crippen molar-refractivity contribution in [2.75, 3.05) is 13.1 Å². The summed E-state index contributed by atoms with van der Waals surface area (Å²) in [6.45, 7) is 5.98. The Balaban J connectivity index is 1.46. The van der Waals surface area contributed by atoms with Crippen LogP contribution in [0, 0.1) is 5.92 Å². The van der Waals surface area contributed by atoms with E-state index in [4.69, 9.17) is 0 Å². The molecule has 1 unspecified atom stereocenters. The quantitative estimate of drug-likeness (QED) is 0.776. The number of thiophene rings is 1. The van der Waals surface area contributed by atoms with Gasteiger partial charge in [0.15, 0.2) is 0 Å². The molecule has 2 fully saturated rings. The molecule has 100 valence electrons. The molecular weight excluding hydrogens is 240 g/mol. The van der Waals surface area contributed by atoms with Gasteiger partial charge in [-0.1, -0.05) is 6.92 Å². The van der Waals surface area contributed by atoms with E-state index in [1.807, 2.05) is 11.3 Å². The molecule has 1 aromatic heterocycles. The summed E-state index contributed by atoms with van der Waals surface area (Å²) < 4.78 is 0. The van der Waals surface area contributed by atoms with Crippen molar-refractivity contribution in [3.8, 4) is 0 Å². The molecule has 0 spiro atoms. The van der Waals surface area contributed by atoms with Gasteiger partial charge in [0, 0.05) is 25.2 Å². The summed E-state index contributed by atoms with van der Waals surface area (Å²) in [5.74, 6) is 0.768. The molecule has 1 heterocycles. The van der Waals surface area contributed by atoms with Crippen LogP contribution in [0.3, 0.4) is 0 Å². The molecule has 3 heteroatoms. The van der Waals surface area contributed by atoms with Crippen LogP contribution in [0.5, 0.6) is 0 Å². The van der Waals surface area contributed by atoms with E-state index in [0.717, 1.165) is 24.5 Å². The molecule has 0 radical (unpaired) electrons. The van der Waals surface area contributed by atoms with Gasteiger partial charge in [0.2, 0.25) is 0 Å². The van der Waals surface area contributed by atoms with Crippen molar-refractivity contribution < 1.29 is 0 Å². The normalized spacial score (nSPS) is 21.4. The maximum Gasteiger partial charge on any atom is 0.0245 e. The SMILES string of the molecule is CC(CNC1CC1)CN(Cc1ccsc1)C1CC1. The average Bonchev–Trinajstić information content (AvgIpc) is 3.27. The Morgan fingerprint density at radius 3 is 2.83 bits per heavy atom. The third kappa shape index (κ3) is 3.81. The fourth-order valence-electron chi connectivity index (χ4n) is 2.52. The lowest BCUT2D eigenvalue weighted by Gasteiger charge is -2.25. The highest BCUT2D eigenvalue weighted by Gasteiger charge is 2.30. The third-order valence-corrected chi connectivity index (χ3v) is 4.64. The van der Waals surface area contributed by atoms with Gasteiger partial charge in [0.25, 0.3) is 0 Å². The van der Waals surface area contributed by atoms with Crippen molar-refractivity contribution >= 4 is 11.3 Å². The monoisotopic (exact) mass is 264 g/mol. The predicted molar refractivity (Wildman–Crippen MR) is 77.9 cm³/mol. The zero-order chi connectivity index (χ0) is 12.4. The zero-order valence-corrected chi connectivity index (χ0v) is 12.1. The molecule has 0 bridgehead atoms. The first-order valence-corrected chi connectivity index (χ1v) is 8.24. The second kappa shape index (κ2) is 5.72. The van der Waals surface area contributed by atoms with Crippen molar-refractivity contribution in [1.82, 2.24) is 10.2 Å². The number of nitrogens with zero attached hydrogens (tertiary/aromatic N) is 1. The molecule has 2 aliphatic carbocycles. The van der Waals surface area contributed by atoms with Crippen molar-refractivity contribution in [1.29, 1.82) is 0 Å². The van der Waals surface area contributed by atoms with Gasteiger partial charge in [-0.3, -0.25) is 4.90 Å². The van der Waals surface area contributed by atoms with Gasteiger partial charge < -0.3 is 5.32 Å². The van der Waals surface area contributed by atoms with Crippen molar-refractivity contribution in [3.63, 3.8) is 0 Å². The fourth-order valence-corrected chi connectivity index (χ4v) is 3.18. The first-order valence-electron chi connectivity index (χ1n) is 7.30. The standard InChI is InChI=1S/C15H24N2S/c1-12(8-16-14-2-3-14)9-17(15-4-5-15)10-13-6-7-18-11-13/h6-7,11-12,14-16H,2-5,8-10H2,1H3. The molecule has 0 aromatic carbocycles. The highest BCUT2D eigenvalue weighted by Crippen LogP contribution is 2.29. The Kier molecular flexibility index (Phi) is 4.02. The van der Waals surface area contributed by atoms with Crippen LogP contribution in [0.15, 0.2) is 16.8 Å². The molecule has 0 saturated heterocycles.